The molecular weight excluding hydrogens is 238 g/mol. The highest BCUT2D eigenvalue weighted by Crippen LogP contribution is 2.30. The summed E-state index contributed by atoms with van der Waals surface area (Å²) in [4.78, 5) is 16.9. The third kappa shape index (κ3) is 2.45. The maximum atomic E-state index is 12.7. The molecule has 0 aromatic carbocycles. The van der Waals surface area contributed by atoms with Gasteiger partial charge in [-0.3, -0.25) is 4.79 Å². The van der Waals surface area contributed by atoms with Crippen LogP contribution >= 0.6 is 0 Å². The van der Waals surface area contributed by atoms with E-state index in [-0.39, 0.29) is 5.91 Å². The molecule has 2 aliphatic heterocycles. The van der Waals surface area contributed by atoms with Gasteiger partial charge >= 0.3 is 0 Å². The van der Waals surface area contributed by atoms with E-state index in [1.807, 2.05) is 4.90 Å². The Balaban J connectivity index is 1.71. The standard InChI is InChI=1S/C15H25N3O/c16-13-11-18(12-7-3-1-4-8-12)15(19)14(13)17-9-5-2-6-10-17/h12H,1-11,16H2. The summed E-state index contributed by atoms with van der Waals surface area (Å²) in [5, 5.41) is 0. The van der Waals surface area contributed by atoms with Crippen LogP contribution in [0.4, 0.5) is 0 Å². The van der Waals surface area contributed by atoms with Crippen molar-refractivity contribution in [3.8, 4) is 0 Å². The van der Waals surface area contributed by atoms with E-state index in [0.717, 1.165) is 37.3 Å². The second-order valence-corrected chi connectivity index (χ2v) is 6.15. The quantitative estimate of drug-likeness (QED) is 0.826. The van der Waals surface area contributed by atoms with E-state index in [0.29, 0.717) is 12.6 Å². The Kier molecular flexibility index (Phi) is 3.67. The molecule has 0 atom stereocenters. The minimum absolute atomic E-state index is 0.200. The third-order valence-electron chi connectivity index (χ3n) is 4.80. The molecule has 3 aliphatic rings. The monoisotopic (exact) mass is 263 g/mol. The summed E-state index contributed by atoms with van der Waals surface area (Å²) < 4.78 is 0. The lowest BCUT2D eigenvalue weighted by Crippen LogP contribution is -2.42. The summed E-state index contributed by atoms with van der Waals surface area (Å²) in [5.74, 6) is 0.200. The van der Waals surface area contributed by atoms with Crippen LogP contribution in [-0.4, -0.2) is 41.4 Å². The number of amides is 1. The van der Waals surface area contributed by atoms with E-state index in [9.17, 15) is 4.79 Å². The maximum Gasteiger partial charge on any atom is 0.272 e. The van der Waals surface area contributed by atoms with Crippen LogP contribution < -0.4 is 5.73 Å². The minimum atomic E-state index is 0.200. The van der Waals surface area contributed by atoms with Crippen LogP contribution in [0.3, 0.4) is 0 Å². The van der Waals surface area contributed by atoms with Gasteiger partial charge in [-0.1, -0.05) is 19.3 Å². The van der Waals surface area contributed by atoms with Crippen LogP contribution in [0.15, 0.2) is 11.4 Å². The molecule has 1 aliphatic carbocycles. The third-order valence-corrected chi connectivity index (χ3v) is 4.80. The molecule has 2 heterocycles. The number of rotatable bonds is 2. The minimum Gasteiger partial charge on any atom is -0.399 e. The molecule has 1 saturated heterocycles. The second-order valence-electron chi connectivity index (χ2n) is 6.15. The lowest BCUT2D eigenvalue weighted by atomic mass is 9.94. The van der Waals surface area contributed by atoms with Gasteiger partial charge in [0.15, 0.2) is 0 Å². The summed E-state index contributed by atoms with van der Waals surface area (Å²) >= 11 is 0. The summed E-state index contributed by atoms with van der Waals surface area (Å²) in [6.07, 6.45) is 9.81. The highest BCUT2D eigenvalue weighted by Gasteiger charge is 2.37. The molecule has 2 N–H and O–H groups in total. The number of hydrogen-bond acceptors (Lipinski definition) is 3. The van der Waals surface area contributed by atoms with Gasteiger partial charge in [-0.05, 0) is 32.1 Å². The largest absolute Gasteiger partial charge is 0.399 e. The Labute approximate surface area is 115 Å². The average molecular weight is 263 g/mol. The number of piperidine rings is 1. The molecule has 0 spiro atoms. The van der Waals surface area contributed by atoms with E-state index in [4.69, 9.17) is 5.73 Å². The highest BCUT2D eigenvalue weighted by atomic mass is 16.2. The molecule has 2 fully saturated rings. The van der Waals surface area contributed by atoms with Gasteiger partial charge in [-0.2, -0.15) is 0 Å². The Morgan fingerprint density at radius 1 is 0.947 bits per heavy atom. The Hall–Kier alpha value is -1.19. The van der Waals surface area contributed by atoms with Crippen LogP contribution in [0.25, 0.3) is 0 Å². The fraction of sp³-hybridized carbons (Fsp3) is 0.800. The zero-order valence-electron chi connectivity index (χ0n) is 11.7. The van der Waals surface area contributed by atoms with Gasteiger partial charge in [0, 0.05) is 19.1 Å². The molecule has 3 rings (SSSR count). The molecule has 0 aromatic rings. The van der Waals surface area contributed by atoms with E-state index >= 15 is 0 Å². The van der Waals surface area contributed by atoms with Crippen molar-refractivity contribution in [3.05, 3.63) is 11.4 Å². The predicted molar refractivity (Wildman–Crippen MR) is 75.2 cm³/mol. The lowest BCUT2D eigenvalue weighted by molar-refractivity contribution is -0.129. The molecule has 0 aromatic heterocycles. The topological polar surface area (TPSA) is 49.6 Å². The molecule has 0 bridgehead atoms. The summed E-state index contributed by atoms with van der Waals surface area (Å²) in [6.45, 7) is 2.66. The van der Waals surface area contributed by atoms with Gasteiger partial charge in [-0.25, -0.2) is 0 Å². The number of likely N-dealkylation sites (tertiary alicyclic amines) is 1. The van der Waals surface area contributed by atoms with E-state index in [1.54, 1.807) is 0 Å². The number of nitrogens with two attached hydrogens (primary N) is 1. The SMILES string of the molecule is NC1=C(N2CCCCC2)C(=O)N(C2CCCCC2)C1. The molecule has 4 heteroatoms. The van der Waals surface area contributed by atoms with Crippen LogP contribution in [-0.2, 0) is 4.79 Å². The molecule has 106 valence electrons. The van der Waals surface area contributed by atoms with Crippen molar-refractivity contribution in [1.82, 2.24) is 9.80 Å². The first kappa shape index (κ1) is 12.8. The Morgan fingerprint density at radius 2 is 1.58 bits per heavy atom. The van der Waals surface area contributed by atoms with Gasteiger partial charge in [-0.15, -0.1) is 0 Å². The maximum absolute atomic E-state index is 12.7. The summed E-state index contributed by atoms with van der Waals surface area (Å²) in [7, 11) is 0. The first-order chi connectivity index (χ1) is 9.27. The summed E-state index contributed by atoms with van der Waals surface area (Å²) in [5.41, 5.74) is 7.80. The van der Waals surface area contributed by atoms with Crippen molar-refractivity contribution in [3.63, 3.8) is 0 Å². The predicted octanol–water partition coefficient (Wildman–Crippen LogP) is 1.82. The second kappa shape index (κ2) is 5.43. The fourth-order valence-corrected chi connectivity index (χ4v) is 3.75. The van der Waals surface area contributed by atoms with Gasteiger partial charge in [0.1, 0.15) is 5.70 Å². The van der Waals surface area contributed by atoms with Crippen molar-refractivity contribution in [2.75, 3.05) is 19.6 Å². The zero-order valence-corrected chi connectivity index (χ0v) is 11.7. The van der Waals surface area contributed by atoms with Crippen LogP contribution in [0.1, 0.15) is 51.4 Å². The normalized spacial score (nSPS) is 26.4. The molecular formula is C15H25N3O. The lowest BCUT2D eigenvalue weighted by Gasteiger charge is -2.33. The molecule has 19 heavy (non-hydrogen) atoms. The van der Waals surface area contributed by atoms with Crippen LogP contribution in [0.5, 0.6) is 0 Å². The van der Waals surface area contributed by atoms with Gasteiger partial charge < -0.3 is 15.5 Å². The number of carbonyl (C=O) groups excluding carboxylic acids is 1. The van der Waals surface area contributed by atoms with Gasteiger partial charge in [0.25, 0.3) is 5.91 Å². The first-order valence-electron chi connectivity index (χ1n) is 7.82. The summed E-state index contributed by atoms with van der Waals surface area (Å²) in [6, 6.07) is 0.432. The number of nitrogens with zero attached hydrogens (tertiary/aromatic N) is 2. The van der Waals surface area contributed by atoms with Crippen molar-refractivity contribution in [2.45, 2.75) is 57.4 Å². The van der Waals surface area contributed by atoms with Gasteiger partial charge in [0.2, 0.25) is 0 Å². The van der Waals surface area contributed by atoms with Gasteiger partial charge in [0.05, 0.1) is 12.2 Å². The zero-order chi connectivity index (χ0) is 13.2. The molecule has 4 nitrogen and oxygen atoms in total. The molecule has 1 saturated carbocycles. The fourth-order valence-electron chi connectivity index (χ4n) is 3.75. The van der Waals surface area contributed by atoms with Crippen LogP contribution in [0.2, 0.25) is 0 Å². The van der Waals surface area contributed by atoms with Crippen LogP contribution in [0, 0.1) is 0 Å². The molecule has 0 unspecified atom stereocenters. The highest BCUT2D eigenvalue weighted by molar-refractivity contribution is 5.96. The molecule has 1 amide bonds. The van der Waals surface area contributed by atoms with E-state index in [2.05, 4.69) is 4.90 Å². The van der Waals surface area contributed by atoms with Crippen molar-refractivity contribution in [1.29, 1.82) is 0 Å². The number of hydrogen-bond donors (Lipinski definition) is 1. The average Bonchev–Trinajstić information content (AvgIpc) is 2.76. The van der Waals surface area contributed by atoms with Crippen molar-refractivity contribution < 1.29 is 4.79 Å². The van der Waals surface area contributed by atoms with E-state index in [1.165, 1.54) is 38.5 Å². The van der Waals surface area contributed by atoms with E-state index < -0.39 is 0 Å². The van der Waals surface area contributed by atoms with Crippen molar-refractivity contribution >= 4 is 5.91 Å². The van der Waals surface area contributed by atoms with Crippen molar-refractivity contribution in [2.24, 2.45) is 5.73 Å². The Morgan fingerprint density at radius 3 is 2.26 bits per heavy atom. The first-order valence-corrected chi connectivity index (χ1v) is 7.82. The smallest absolute Gasteiger partial charge is 0.272 e. The number of carbonyl (C=O) groups is 1. The molecule has 0 radical (unpaired) electrons. The Bertz CT molecular complexity index is 379.